The van der Waals surface area contributed by atoms with Gasteiger partial charge in [-0.3, -0.25) is 13.9 Å². The largest absolute Gasteiger partial charge is 0.456 e. The van der Waals surface area contributed by atoms with Crippen LogP contribution < -0.4 is 16.6 Å². The Bertz CT molecular complexity index is 1110. The third-order valence-corrected chi connectivity index (χ3v) is 4.95. The molecule has 8 heteroatoms. The zero-order valence-electron chi connectivity index (χ0n) is 14.9. The lowest BCUT2D eigenvalue weighted by molar-refractivity contribution is -0.136. The number of hydrogen-bond donors (Lipinski definition) is 1. The second-order valence-electron chi connectivity index (χ2n) is 6.64. The molecule has 1 aromatic heterocycles. The van der Waals surface area contributed by atoms with E-state index >= 15 is 0 Å². The van der Waals surface area contributed by atoms with E-state index in [1.165, 1.54) is 29.8 Å². The van der Waals surface area contributed by atoms with E-state index in [-0.39, 0.29) is 17.7 Å². The van der Waals surface area contributed by atoms with Crippen molar-refractivity contribution in [2.45, 2.75) is 25.8 Å². The number of carbonyl (C=O) groups is 1. The number of nitrogens with zero attached hydrogens (tertiary/aromatic N) is 2. The Morgan fingerprint density at radius 1 is 1.30 bits per heavy atom. The van der Waals surface area contributed by atoms with Crippen LogP contribution >= 0.6 is 0 Å². The van der Waals surface area contributed by atoms with Crippen LogP contribution in [0.1, 0.15) is 30.4 Å². The lowest BCUT2D eigenvalue weighted by Crippen LogP contribution is -2.44. The summed E-state index contributed by atoms with van der Waals surface area (Å²) < 4.78 is 21.5. The average Bonchev–Trinajstić information content (AvgIpc) is 3.02. The number of anilines is 1. The van der Waals surface area contributed by atoms with Crippen molar-refractivity contribution in [3.63, 3.8) is 0 Å². The number of rotatable bonds is 3. The maximum atomic E-state index is 13.9. The molecule has 0 amide bonds. The van der Waals surface area contributed by atoms with Crippen molar-refractivity contribution in [3.8, 4) is 0 Å². The van der Waals surface area contributed by atoms with E-state index in [0.29, 0.717) is 30.0 Å². The van der Waals surface area contributed by atoms with Crippen molar-refractivity contribution in [1.29, 1.82) is 0 Å². The maximum absolute atomic E-state index is 13.9. The highest BCUT2D eigenvalue weighted by atomic mass is 19.1. The number of aromatic nitrogens is 2. The van der Waals surface area contributed by atoms with Crippen molar-refractivity contribution in [1.82, 2.24) is 9.13 Å². The van der Waals surface area contributed by atoms with Gasteiger partial charge in [0.1, 0.15) is 18.2 Å². The maximum Gasteiger partial charge on any atom is 0.337 e. The molecule has 1 atom stereocenters. The monoisotopic (exact) mass is 371 g/mol. The second kappa shape index (κ2) is 6.22. The summed E-state index contributed by atoms with van der Waals surface area (Å²) in [6, 6.07) is 5.78. The summed E-state index contributed by atoms with van der Waals surface area (Å²) in [5.74, 6) is -1.48. The predicted molar refractivity (Wildman–Crippen MR) is 96.1 cm³/mol. The fourth-order valence-electron chi connectivity index (χ4n) is 3.74. The molecule has 0 saturated heterocycles. The molecule has 0 unspecified atom stereocenters. The fraction of sp³-hybridized carbons (Fsp3) is 0.316. The molecule has 2 aliphatic heterocycles. The van der Waals surface area contributed by atoms with Crippen LogP contribution in [0, 0.1) is 5.82 Å². The number of esters is 1. The molecule has 2 aliphatic rings. The lowest BCUT2D eigenvalue weighted by Gasteiger charge is -2.29. The standard InChI is InChI=1S/C19H18FN3O4/c1-3-7-23-16-15(17(24)22(2)19(23)26)13(10-5-4-6-11(20)8-10)14-12(21-16)9-27-18(14)25/h4-6,8,13,21H,3,7,9H2,1-2H3/t13-/m1/s1. The van der Waals surface area contributed by atoms with Gasteiger partial charge in [0, 0.05) is 13.6 Å². The summed E-state index contributed by atoms with van der Waals surface area (Å²) in [5.41, 5.74) is 0.526. The van der Waals surface area contributed by atoms with Crippen LogP contribution in [0.5, 0.6) is 0 Å². The van der Waals surface area contributed by atoms with Crippen LogP contribution in [0.15, 0.2) is 45.1 Å². The Morgan fingerprint density at radius 2 is 2.07 bits per heavy atom. The quantitative estimate of drug-likeness (QED) is 0.826. The Hall–Kier alpha value is -3.16. The molecule has 0 spiro atoms. The van der Waals surface area contributed by atoms with Gasteiger partial charge in [-0.1, -0.05) is 19.1 Å². The normalized spacial score (nSPS) is 18.0. The summed E-state index contributed by atoms with van der Waals surface area (Å²) in [7, 11) is 1.40. The van der Waals surface area contributed by atoms with Crippen LogP contribution in [0.2, 0.25) is 0 Å². The van der Waals surface area contributed by atoms with Gasteiger partial charge in [-0.2, -0.15) is 0 Å². The number of carbonyl (C=O) groups excluding carboxylic acids is 1. The third kappa shape index (κ3) is 2.51. The molecule has 0 saturated carbocycles. The van der Waals surface area contributed by atoms with Crippen molar-refractivity contribution in [3.05, 3.63) is 73.3 Å². The molecule has 4 rings (SSSR count). The first-order valence-corrected chi connectivity index (χ1v) is 8.70. The zero-order chi connectivity index (χ0) is 19.3. The molecular weight excluding hydrogens is 353 g/mol. The first-order chi connectivity index (χ1) is 12.9. The smallest absolute Gasteiger partial charge is 0.337 e. The van der Waals surface area contributed by atoms with Crippen molar-refractivity contribution >= 4 is 11.8 Å². The Balaban J connectivity index is 2.08. The van der Waals surface area contributed by atoms with Gasteiger partial charge < -0.3 is 10.1 Å². The summed E-state index contributed by atoms with van der Waals surface area (Å²) in [5, 5.41) is 3.06. The van der Waals surface area contributed by atoms with Gasteiger partial charge in [0.15, 0.2) is 0 Å². The molecule has 0 bridgehead atoms. The zero-order valence-corrected chi connectivity index (χ0v) is 14.9. The lowest BCUT2D eigenvalue weighted by atomic mass is 9.82. The van der Waals surface area contributed by atoms with Crippen LogP contribution in [0.3, 0.4) is 0 Å². The Labute approximate surface area is 153 Å². The molecule has 1 N–H and O–H groups in total. The Morgan fingerprint density at radius 3 is 2.78 bits per heavy atom. The van der Waals surface area contributed by atoms with E-state index in [1.807, 2.05) is 6.92 Å². The van der Waals surface area contributed by atoms with E-state index in [9.17, 15) is 18.8 Å². The highest BCUT2D eigenvalue weighted by Crippen LogP contribution is 2.42. The highest BCUT2D eigenvalue weighted by Gasteiger charge is 2.41. The van der Waals surface area contributed by atoms with Crippen LogP contribution in [0.25, 0.3) is 0 Å². The molecule has 2 aromatic rings. The minimum absolute atomic E-state index is 0.0228. The summed E-state index contributed by atoms with van der Waals surface area (Å²) in [4.78, 5) is 38.0. The molecule has 27 heavy (non-hydrogen) atoms. The van der Waals surface area contributed by atoms with E-state index in [0.717, 1.165) is 4.57 Å². The second-order valence-corrected chi connectivity index (χ2v) is 6.64. The molecule has 0 fully saturated rings. The van der Waals surface area contributed by atoms with Gasteiger partial charge in [0.25, 0.3) is 5.56 Å². The van der Waals surface area contributed by atoms with Crippen LogP contribution in [0.4, 0.5) is 10.2 Å². The number of nitrogens with one attached hydrogen (secondary N) is 1. The van der Waals surface area contributed by atoms with Gasteiger partial charge in [-0.15, -0.1) is 0 Å². The van der Waals surface area contributed by atoms with Crippen molar-refractivity contribution in [2.24, 2.45) is 7.05 Å². The molecule has 3 heterocycles. The topological polar surface area (TPSA) is 82.3 Å². The van der Waals surface area contributed by atoms with E-state index in [2.05, 4.69) is 5.32 Å². The molecule has 140 valence electrons. The highest BCUT2D eigenvalue weighted by molar-refractivity contribution is 5.96. The number of halogens is 1. The van der Waals surface area contributed by atoms with E-state index in [1.54, 1.807) is 6.07 Å². The van der Waals surface area contributed by atoms with Gasteiger partial charge in [0.2, 0.25) is 0 Å². The van der Waals surface area contributed by atoms with Gasteiger partial charge in [-0.25, -0.2) is 14.0 Å². The Kier molecular flexibility index (Phi) is 3.98. The number of hydrogen-bond acceptors (Lipinski definition) is 5. The molecular formula is C19H18FN3O4. The number of benzene rings is 1. The third-order valence-electron chi connectivity index (χ3n) is 4.95. The number of cyclic esters (lactones) is 1. The van der Waals surface area contributed by atoms with Crippen molar-refractivity contribution in [2.75, 3.05) is 11.9 Å². The number of fused-ring (bicyclic) bond motifs is 1. The van der Waals surface area contributed by atoms with Crippen molar-refractivity contribution < 1.29 is 13.9 Å². The first kappa shape index (κ1) is 17.3. The van der Waals surface area contributed by atoms with Gasteiger partial charge >= 0.3 is 11.7 Å². The minimum Gasteiger partial charge on any atom is -0.456 e. The minimum atomic E-state index is -0.802. The molecule has 0 radical (unpaired) electrons. The van der Waals surface area contributed by atoms with Gasteiger partial charge in [0.05, 0.1) is 22.8 Å². The SMILES string of the molecule is CCCn1c2c(c(=O)n(C)c1=O)[C@H](c1cccc(F)c1)C1=C(COC1=O)N2. The summed E-state index contributed by atoms with van der Waals surface area (Å²) >= 11 is 0. The van der Waals surface area contributed by atoms with E-state index < -0.39 is 29.0 Å². The summed E-state index contributed by atoms with van der Waals surface area (Å²) in [6.07, 6.45) is 0.679. The molecule has 7 nitrogen and oxygen atoms in total. The average molecular weight is 371 g/mol. The molecule has 1 aromatic carbocycles. The number of ether oxygens (including phenoxy) is 1. The summed E-state index contributed by atoms with van der Waals surface area (Å²) in [6.45, 7) is 2.34. The van der Waals surface area contributed by atoms with Crippen LogP contribution in [-0.4, -0.2) is 21.7 Å². The van der Waals surface area contributed by atoms with E-state index in [4.69, 9.17) is 4.74 Å². The van der Waals surface area contributed by atoms with Crippen LogP contribution in [-0.2, 0) is 23.1 Å². The molecule has 0 aliphatic carbocycles. The first-order valence-electron chi connectivity index (χ1n) is 8.70. The fourth-order valence-corrected chi connectivity index (χ4v) is 3.74. The van der Waals surface area contributed by atoms with Gasteiger partial charge in [-0.05, 0) is 24.1 Å². The predicted octanol–water partition coefficient (Wildman–Crippen LogP) is 1.46.